The van der Waals surface area contributed by atoms with Gasteiger partial charge in [0.25, 0.3) is 10.0 Å². The Morgan fingerprint density at radius 3 is 2.74 bits per heavy atom. The molecule has 2 N–H and O–H groups in total. The Morgan fingerprint density at radius 1 is 1.47 bits per heavy atom. The third kappa shape index (κ3) is 3.53. The number of ether oxygens (including phenoxy) is 1. The highest BCUT2D eigenvalue weighted by Crippen LogP contribution is 2.16. The van der Waals surface area contributed by atoms with E-state index in [1.807, 2.05) is 13.8 Å². The first-order valence-corrected chi connectivity index (χ1v) is 7.71. The summed E-state index contributed by atoms with van der Waals surface area (Å²) in [5, 5.41) is 0.0882. The lowest BCUT2D eigenvalue weighted by Gasteiger charge is -2.40. The first kappa shape index (κ1) is 14.4. The van der Waals surface area contributed by atoms with Gasteiger partial charge in [-0.3, -0.25) is 4.90 Å². The molecule has 0 radical (unpaired) electrons. The molecule has 2 rings (SSSR count). The number of sulfonamides is 1. The van der Waals surface area contributed by atoms with Crippen molar-refractivity contribution in [2.45, 2.75) is 24.4 Å². The van der Waals surface area contributed by atoms with Crippen LogP contribution >= 0.6 is 0 Å². The van der Waals surface area contributed by atoms with Gasteiger partial charge in [0.15, 0.2) is 5.03 Å². The molecule has 0 unspecified atom stereocenters. The lowest BCUT2D eigenvalue weighted by molar-refractivity contribution is -0.00804. The maximum Gasteiger partial charge on any atom is 0.257 e. The van der Waals surface area contributed by atoms with Crippen molar-refractivity contribution in [1.82, 2.24) is 19.6 Å². The molecule has 8 heteroatoms. The molecule has 1 aliphatic heterocycles. The van der Waals surface area contributed by atoms with Gasteiger partial charge in [0.05, 0.1) is 25.7 Å². The molecular formula is C11H20N4O3S. The average molecular weight is 288 g/mol. The van der Waals surface area contributed by atoms with E-state index in [-0.39, 0.29) is 10.6 Å². The van der Waals surface area contributed by atoms with Crippen LogP contribution in [0.25, 0.3) is 0 Å². The van der Waals surface area contributed by atoms with Crippen LogP contribution in [0.15, 0.2) is 17.6 Å². The highest BCUT2D eigenvalue weighted by Gasteiger charge is 2.30. The minimum absolute atomic E-state index is 0.0882. The highest BCUT2D eigenvalue weighted by atomic mass is 32.2. The van der Waals surface area contributed by atoms with Gasteiger partial charge in [-0.25, -0.2) is 18.1 Å². The third-order valence-electron chi connectivity index (χ3n) is 3.32. The molecule has 0 atom stereocenters. The van der Waals surface area contributed by atoms with E-state index < -0.39 is 10.0 Å². The molecule has 0 aliphatic carbocycles. The number of H-pyrrole nitrogens is 1. The summed E-state index contributed by atoms with van der Waals surface area (Å²) in [6, 6.07) is 0. The normalized spacial score (nSPS) is 18.6. The molecule has 1 aliphatic rings. The monoisotopic (exact) mass is 288 g/mol. The van der Waals surface area contributed by atoms with Crippen LogP contribution in [0.2, 0.25) is 0 Å². The molecule has 0 spiro atoms. The van der Waals surface area contributed by atoms with Crippen LogP contribution in [-0.4, -0.2) is 61.7 Å². The first-order chi connectivity index (χ1) is 8.92. The zero-order chi connectivity index (χ0) is 13.9. The van der Waals surface area contributed by atoms with Crippen LogP contribution in [0, 0.1) is 0 Å². The Bertz CT molecular complexity index is 492. The highest BCUT2D eigenvalue weighted by molar-refractivity contribution is 7.89. The standard InChI is InChI=1S/C11H20N4O3S/c1-11(2,15-3-5-18-6-4-15)8-14-19(16,17)10-7-12-9-13-10/h7,9,14H,3-6,8H2,1-2H3,(H,12,13). The molecule has 1 aromatic heterocycles. The average Bonchev–Trinajstić information content (AvgIpc) is 2.93. The van der Waals surface area contributed by atoms with Gasteiger partial charge < -0.3 is 9.72 Å². The molecule has 1 aromatic rings. The minimum Gasteiger partial charge on any atom is -0.379 e. The van der Waals surface area contributed by atoms with Crippen molar-refractivity contribution < 1.29 is 13.2 Å². The van der Waals surface area contributed by atoms with Gasteiger partial charge in [-0.2, -0.15) is 0 Å². The third-order valence-corrected chi connectivity index (χ3v) is 4.65. The summed E-state index contributed by atoms with van der Waals surface area (Å²) in [6.07, 6.45) is 2.64. The van der Waals surface area contributed by atoms with Crippen molar-refractivity contribution in [1.29, 1.82) is 0 Å². The second-order valence-electron chi connectivity index (χ2n) is 5.15. The Kier molecular flexibility index (Phi) is 4.24. The summed E-state index contributed by atoms with van der Waals surface area (Å²) in [4.78, 5) is 8.55. The van der Waals surface area contributed by atoms with E-state index >= 15 is 0 Å². The summed E-state index contributed by atoms with van der Waals surface area (Å²) >= 11 is 0. The number of imidazole rings is 1. The van der Waals surface area contributed by atoms with Gasteiger partial charge in [-0.1, -0.05) is 0 Å². The predicted octanol–water partition coefficient (Wildman–Crippen LogP) is -0.201. The Labute approximate surface area is 113 Å². The van der Waals surface area contributed by atoms with Crippen molar-refractivity contribution in [2.75, 3.05) is 32.8 Å². The van der Waals surface area contributed by atoms with Crippen LogP contribution in [0.5, 0.6) is 0 Å². The van der Waals surface area contributed by atoms with Crippen molar-refractivity contribution >= 4 is 10.0 Å². The summed E-state index contributed by atoms with van der Waals surface area (Å²) in [7, 11) is -3.51. The van der Waals surface area contributed by atoms with Gasteiger partial charge in [0.1, 0.15) is 0 Å². The van der Waals surface area contributed by atoms with Crippen molar-refractivity contribution in [3.8, 4) is 0 Å². The van der Waals surface area contributed by atoms with E-state index in [1.54, 1.807) is 0 Å². The lowest BCUT2D eigenvalue weighted by Crippen LogP contribution is -2.55. The van der Waals surface area contributed by atoms with Crippen LogP contribution in [0.1, 0.15) is 13.8 Å². The van der Waals surface area contributed by atoms with E-state index in [2.05, 4.69) is 19.6 Å². The first-order valence-electron chi connectivity index (χ1n) is 6.23. The molecule has 7 nitrogen and oxygen atoms in total. The van der Waals surface area contributed by atoms with Crippen molar-refractivity contribution in [2.24, 2.45) is 0 Å². The van der Waals surface area contributed by atoms with Gasteiger partial charge in [-0.15, -0.1) is 0 Å². The maximum atomic E-state index is 12.0. The fourth-order valence-electron chi connectivity index (χ4n) is 2.02. The molecule has 1 saturated heterocycles. The lowest BCUT2D eigenvalue weighted by atomic mass is 10.0. The van der Waals surface area contributed by atoms with E-state index in [0.29, 0.717) is 19.8 Å². The number of rotatable bonds is 5. The second-order valence-corrected chi connectivity index (χ2v) is 6.89. The summed E-state index contributed by atoms with van der Waals surface area (Å²) < 4.78 is 31.9. The van der Waals surface area contributed by atoms with E-state index in [0.717, 1.165) is 13.1 Å². The summed E-state index contributed by atoms with van der Waals surface area (Å²) in [5.74, 6) is 0. The minimum atomic E-state index is -3.51. The number of morpholine rings is 1. The Balaban J connectivity index is 1.97. The molecule has 1 fully saturated rings. The van der Waals surface area contributed by atoms with Crippen LogP contribution in [0.4, 0.5) is 0 Å². The second kappa shape index (κ2) is 5.58. The number of hydrogen-bond donors (Lipinski definition) is 2. The molecule has 0 saturated carbocycles. The fraction of sp³-hybridized carbons (Fsp3) is 0.727. The zero-order valence-electron chi connectivity index (χ0n) is 11.2. The molecule has 0 bridgehead atoms. The van der Waals surface area contributed by atoms with Crippen LogP contribution in [0.3, 0.4) is 0 Å². The molecule has 2 heterocycles. The van der Waals surface area contributed by atoms with E-state index in [4.69, 9.17) is 4.74 Å². The summed E-state index contributed by atoms with van der Waals surface area (Å²) in [5.41, 5.74) is -0.253. The van der Waals surface area contributed by atoms with Gasteiger partial charge in [-0.05, 0) is 13.8 Å². The molecular weight excluding hydrogens is 268 g/mol. The maximum absolute atomic E-state index is 12.0. The summed E-state index contributed by atoms with van der Waals surface area (Å²) in [6.45, 7) is 7.40. The molecule has 19 heavy (non-hydrogen) atoms. The predicted molar refractivity (Wildman–Crippen MR) is 70.2 cm³/mol. The molecule has 108 valence electrons. The van der Waals surface area contributed by atoms with Crippen LogP contribution < -0.4 is 4.72 Å². The SMILES string of the molecule is CC(C)(CNS(=O)(=O)c1cnc[nH]1)N1CCOCC1. The number of nitrogens with zero attached hydrogens (tertiary/aromatic N) is 2. The van der Waals surface area contributed by atoms with Gasteiger partial charge >= 0.3 is 0 Å². The zero-order valence-corrected chi connectivity index (χ0v) is 12.0. The number of aromatic amines is 1. The largest absolute Gasteiger partial charge is 0.379 e. The van der Waals surface area contributed by atoms with Crippen LogP contribution in [-0.2, 0) is 14.8 Å². The van der Waals surface area contributed by atoms with Gasteiger partial charge in [0.2, 0.25) is 0 Å². The number of aromatic nitrogens is 2. The Morgan fingerprint density at radius 2 is 2.16 bits per heavy atom. The number of hydrogen-bond acceptors (Lipinski definition) is 5. The van der Waals surface area contributed by atoms with Crippen molar-refractivity contribution in [3.63, 3.8) is 0 Å². The van der Waals surface area contributed by atoms with Crippen molar-refractivity contribution in [3.05, 3.63) is 12.5 Å². The molecule has 0 amide bonds. The smallest absolute Gasteiger partial charge is 0.257 e. The quantitative estimate of drug-likeness (QED) is 0.783. The van der Waals surface area contributed by atoms with E-state index in [9.17, 15) is 8.42 Å². The Hall–Kier alpha value is -0.960. The number of nitrogens with one attached hydrogen (secondary N) is 2. The van der Waals surface area contributed by atoms with Gasteiger partial charge in [0, 0.05) is 25.2 Å². The van der Waals surface area contributed by atoms with E-state index in [1.165, 1.54) is 12.5 Å². The fourth-order valence-corrected chi connectivity index (χ4v) is 3.13. The molecule has 0 aromatic carbocycles. The topological polar surface area (TPSA) is 87.3 Å².